The zero-order valence-corrected chi connectivity index (χ0v) is 11.8. The number of carboxylic acid groups (broad SMARTS) is 1. The Morgan fingerprint density at radius 1 is 1.24 bits per heavy atom. The van der Waals surface area contributed by atoms with Crippen LogP contribution in [-0.4, -0.2) is 23.5 Å². The van der Waals surface area contributed by atoms with Gasteiger partial charge < -0.3 is 10.4 Å². The molecule has 0 heterocycles. The molecule has 4 nitrogen and oxygen atoms in total. The molecule has 0 spiro atoms. The molecule has 1 aromatic rings. The molecule has 0 unspecified atom stereocenters. The van der Waals surface area contributed by atoms with Crippen molar-refractivity contribution in [2.75, 3.05) is 6.54 Å². The van der Waals surface area contributed by atoms with Crippen molar-refractivity contribution in [1.82, 2.24) is 5.32 Å². The number of hydrogen-bond acceptors (Lipinski definition) is 2. The molecular formula is C16H20FNO3. The van der Waals surface area contributed by atoms with Crippen molar-refractivity contribution >= 4 is 11.9 Å². The zero-order chi connectivity index (χ0) is 15.2. The van der Waals surface area contributed by atoms with Gasteiger partial charge in [-0.2, -0.15) is 0 Å². The van der Waals surface area contributed by atoms with E-state index in [0.717, 1.165) is 12.8 Å². The van der Waals surface area contributed by atoms with Gasteiger partial charge in [-0.15, -0.1) is 0 Å². The maximum atomic E-state index is 13.0. The van der Waals surface area contributed by atoms with Crippen LogP contribution in [0.2, 0.25) is 0 Å². The number of nitrogens with one attached hydrogen (secondary N) is 1. The lowest BCUT2D eigenvalue weighted by molar-refractivity contribution is -0.143. The van der Waals surface area contributed by atoms with Crippen molar-refractivity contribution in [2.24, 2.45) is 11.8 Å². The lowest BCUT2D eigenvalue weighted by Crippen LogP contribution is -2.33. The molecule has 1 saturated carbocycles. The van der Waals surface area contributed by atoms with Crippen LogP contribution < -0.4 is 5.32 Å². The number of rotatable bonds is 5. The van der Waals surface area contributed by atoms with Crippen molar-refractivity contribution in [2.45, 2.75) is 32.1 Å². The van der Waals surface area contributed by atoms with Crippen LogP contribution in [-0.2, 0) is 16.0 Å². The number of halogens is 1. The normalized spacial score (nSPS) is 21.8. The Bertz CT molecular complexity index is 510. The molecule has 5 heteroatoms. The molecule has 1 aliphatic rings. The van der Waals surface area contributed by atoms with Crippen molar-refractivity contribution in [3.63, 3.8) is 0 Å². The quantitative estimate of drug-likeness (QED) is 0.876. The van der Waals surface area contributed by atoms with Gasteiger partial charge >= 0.3 is 5.97 Å². The van der Waals surface area contributed by atoms with Crippen molar-refractivity contribution < 1.29 is 19.1 Å². The Labute approximate surface area is 123 Å². The summed E-state index contributed by atoms with van der Waals surface area (Å²) in [6.07, 6.45) is 3.19. The summed E-state index contributed by atoms with van der Waals surface area (Å²) < 4.78 is 13.0. The van der Waals surface area contributed by atoms with E-state index >= 15 is 0 Å². The van der Waals surface area contributed by atoms with Gasteiger partial charge in [-0.3, -0.25) is 9.59 Å². The first-order valence-electron chi connectivity index (χ1n) is 7.28. The van der Waals surface area contributed by atoms with E-state index in [4.69, 9.17) is 5.11 Å². The van der Waals surface area contributed by atoms with E-state index in [1.807, 2.05) is 0 Å². The topological polar surface area (TPSA) is 66.4 Å². The standard InChI is InChI=1S/C16H20FNO3/c17-14-3-1-2-12(8-14)9-15(19)18-10-11-4-6-13(7-5-11)16(20)21/h1-3,8,11,13H,4-7,9-10H2,(H,18,19)(H,20,21). The van der Waals surface area contributed by atoms with E-state index in [1.54, 1.807) is 12.1 Å². The van der Waals surface area contributed by atoms with Gasteiger partial charge in [0.25, 0.3) is 0 Å². The molecule has 0 bridgehead atoms. The summed E-state index contributed by atoms with van der Waals surface area (Å²) in [6, 6.07) is 6.02. The molecule has 1 aromatic carbocycles. The molecule has 1 fully saturated rings. The van der Waals surface area contributed by atoms with Gasteiger partial charge in [0.2, 0.25) is 5.91 Å². The summed E-state index contributed by atoms with van der Waals surface area (Å²) in [5, 5.41) is 11.8. The number of hydrogen-bond donors (Lipinski definition) is 2. The Hall–Kier alpha value is -1.91. The minimum absolute atomic E-state index is 0.124. The van der Waals surface area contributed by atoms with Gasteiger partial charge in [0.05, 0.1) is 12.3 Å². The largest absolute Gasteiger partial charge is 0.481 e. The molecule has 1 amide bonds. The minimum Gasteiger partial charge on any atom is -0.481 e. The smallest absolute Gasteiger partial charge is 0.306 e. The van der Waals surface area contributed by atoms with Crippen LogP contribution in [0.15, 0.2) is 24.3 Å². The molecule has 0 radical (unpaired) electrons. The second kappa shape index (κ2) is 7.20. The van der Waals surface area contributed by atoms with Crippen molar-refractivity contribution in [3.05, 3.63) is 35.6 Å². The Morgan fingerprint density at radius 2 is 1.95 bits per heavy atom. The van der Waals surface area contributed by atoms with Crippen LogP contribution >= 0.6 is 0 Å². The number of benzene rings is 1. The molecule has 114 valence electrons. The summed E-state index contributed by atoms with van der Waals surface area (Å²) in [4.78, 5) is 22.7. The molecular weight excluding hydrogens is 273 g/mol. The SMILES string of the molecule is O=C(Cc1cccc(F)c1)NCC1CCC(C(=O)O)CC1. The van der Waals surface area contributed by atoms with E-state index in [0.29, 0.717) is 30.9 Å². The average molecular weight is 293 g/mol. The number of carboxylic acids is 1. The highest BCUT2D eigenvalue weighted by molar-refractivity contribution is 5.78. The minimum atomic E-state index is -0.719. The summed E-state index contributed by atoms with van der Waals surface area (Å²) >= 11 is 0. The van der Waals surface area contributed by atoms with Crippen LogP contribution in [0.4, 0.5) is 4.39 Å². The van der Waals surface area contributed by atoms with Gasteiger partial charge in [0.15, 0.2) is 0 Å². The third kappa shape index (κ3) is 4.85. The summed E-state index contributed by atoms with van der Waals surface area (Å²) in [5.41, 5.74) is 0.655. The molecule has 1 aliphatic carbocycles. The third-order valence-electron chi connectivity index (χ3n) is 4.04. The first-order chi connectivity index (χ1) is 10.0. The van der Waals surface area contributed by atoms with Gasteiger partial charge in [0, 0.05) is 6.54 Å². The molecule has 0 aromatic heterocycles. The van der Waals surface area contributed by atoms with Crippen molar-refractivity contribution in [1.29, 1.82) is 0 Å². The second-order valence-electron chi connectivity index (χ2n) is 5.67. The highest BCUT2D eigenvalue weighted by Gasteiger charge is 2.25. The third-order valence-corrected chi connectivity index (χ3v) is 4.04. The van der Waals surface area contributed by atoms with Gasteiger partial charge in [-0.25, -0.2) is 4.39 Å². The zero-order valence-electron chi connectivity index (χ0n) is 11.8. The van der Waals surface area contributed by atoms with Gasteiger partial charge in [0.1, 0.15) is 5.82 Å². The lowest BCUT2D eigenvalue weighted by Gasteiger charge is -2.26. The van der Waals surface area contributed by atoms with E-state index in [2.05, 4.69) is 5.32 Å². The highest BCUT2D eigenvalue weighted by Crippen LogP contribution is 2.28. The summed E-state index contributed by atoms with van der Waals surface area (Å²) in [7, 11) is 0. The van der Waals surface area contributed by atoms with Gasteiger partial charge in [-0.05, 0) is 49.3 Å². The van der Waals surface area contributed by atoms with E-state index in [1.165, 1.54) is 12.1 Å². The monoisotopic (exact) mass is 293 g/mol. The molecule has 2 rings (SSSR count). The Kier molecular flexibility index (Phi) is 5.31. The maximum Gasteiger partial charge on any atom is 0.306 e. The Balaban J connectivity index is 1.71. The number of carbonyl (C=O) groups excluding carboxylic acids is 1. The van der Waals surface area contributed by atoms with Crippen LogP contribution in [0.1, 0.15) is 31.2 Å². The number of aliphatic carboxylic acids is 1. The van der Waals surface area contributed by atoms with E-state index < -0.39 is 5.97 Å². The predicted octanol–water partition coefficient (Wildman–Crippen LogP) is 2.38. The van der Waals surface area contributed by atoms with Crippen LogP contribution in [0.3, 0.4) is 0 Å². The average Bonchev–Trinajstić information content (AvgIpc) is 2.45. The molecule has 2 N–H and O–H groups in total. The Morgan fingerprint density at radius 3 is 2.57 bits per heavy atom. The van der Waals surface area contributed by atoms with Crippen LogP contribution in [0.25, 0.3) is 0 Å². The van der Waals surface area contributed by atoms with Gasteiger partial charge in [-0.1, -0.05) is 12.1 Å². The molecule has 0 saturated heterocycles. The van der Waals surface area contributed by atoms with Crippen molar-refractivity contribution in [3.8, 4) is 0 Å². The van der Waals surface area contributed by atoms with Crippen LogP contribution in [0, 0.1) is 17.7 Å². The fourth-order valence-corrected chi connectivity index (χ4v) is 2.77. The fraction of sp³-hybridized carbons (Fsp3) is 0.500. The number of amides is 1. The first-order valence-corrected chi connectivity index (χ1v) is 7.28. The molecule has 0 aliphatic heterocycles. The number of carbonyl (C=O) groups is 2. The fourth-order valence-electron chi connectivity index (χ4n) is 2.77. The first kappa shape index (κ1) is 15.5. The lowest BCUT2D eigenvalue weighted by atomic mass is 9.82. The summed E-state index contributed by atoms with van der Waals surface area (Å²) in [6.45, 7) is 0.570. The maximum absolute atomic E-state index is 13.0. The molecule has 0 atom stereocenters. The van der Waals surface area contributed by atoms with E-state index in [-0.39, 0.29) is 24.1 Å². The van der Waals surface area contributed by atoms with E-state index in [9.17, 15) is 14.0 Å². The highest BCUT2D eigenvalue weighted by atomic mass is 19.1. The summed E-state index contributed by atoms with van der Waals surface area (Å²) in [5.74, 6) is -1.07. The second-order valence-corrected chi connectivity index (χ2v) is 5.67. The van der Waals surface area contributed by atoms with Crippen LogP contribution in [0.5, 0.6) is 0 Å². The molecule has 21 heavy (non-hydrogen) atoms. The predicted molar refractivity (Wildman–Crippen MR) is 76.2 cm³/mol.